The number of aryl methyl sites for hydroxylation is 1. The van der Waals surface area contributed by atoms with Gasteiger partial charge in [0.25, 0.3) is 0 Å². The van der Waals surface area contributed by atoms with Gasteiger partial charge in [-0.15, -0.1) is 0 Å². The Kier molecular flexibility index (Phi) is 4.09. The smallest absolute Gasteiger partial charge is 0.229 e. The molecule has 1 aromatic heterocycles. The van der Waals surface area contributed by atoms with Crippen LogP contribution in [0.2, 0.25) is 0 Å². The predicted molar refractivity (Wildman–Crippen MR) is 74.0 cm³/mol. The van der Waals surface area contributed by atoms with Crippen LogP contribution in [0.15, 0.2) is 36.5 Å². The summed E-state index contributed by atoms with van der Waals surface area (Å²) in [6.07, 6.45) is 1.71. The summed E-state index contributed by atoms with van der Waals surface area (Å²) >= 11 is 0. The second-order valence-corrected chi connectivity index (χ2v) is 3.97. The van der Waals surface area contributed by atoms with Gasteiger partial charge in [-0.05, 0) is 25.1 Å². The fraction of sp³-hybridized carbons (Fsp3) is 0.231. The van der Waals surface area contributed by atoms with E-state index in [-0.39, 0.29) is 0 Å². The van der Waals surface area contributed by atoms with Crippen LogP contribution in [0, 0.1) is 6.92 Å². The third kappa shape index (κ3) is 3.43. The Bertz CT molecular complexity index is 495. The maximum absolute atomic E-state index is 5.43. The molecular formula is C13H17N5. The van der Waals surface area contributed by atoms with E-state index in [0.717, 1.165) is 11.5 Å². The number of nitrogens with one attached hydrogen (secondary N) is 2. The van der Waals surface area contributed by atoms with Crippen LogP contribution < -0.4 is 16.4 Å². The van der Waals surface area contributed by atoms with Crippen LogP contribution in [-0.2, 0) is 0 Å². The van der Waals surface area contributed by atoms with E-state index in [1.165, 1.54) is 5.56 Å². The first-order valence-corrected chi connectivity index (χ1v) is 5.88. The van der Waals surface area contributed by atoms with Gasteiger partial charge in [-0.25, -0.2) is 4.98 Å². The van der Waals surface area contributed by atoms with Crippen molar-refractivity contribution in [3.8, 4) is 0 Å². The number of rotatable bonds is 5. The van der Waals surface area contributed by atoms with Gasteiger partial charge < -0.3 is 16.4 Å². The highest BCUT2D eigenvalue weighted by Crippen LogP contribution is 2.14. The quantitative estimate of drug-likeness (QED) is 0.747. The number of aromatic nitrogens is 2. The van der Waals surface area contributed by atoms with E-state index in [4.69, 9.17) is 5.73 Å². The van der Waals surface area contributed by atoms with Crippen molar-refractivity contribution in [3.05, 3.63) is 42.1 Å². The molecule has 1 aromatic carbocycles. The van der Waals surface area contributed by atoms with E-state index < -0.39 is 0 Å². The molecule has 5 nitrogen and oxygen atoms in total. The first-order valence-electron chi connectivity index (χ1n) is 5.88. The van der Waals surface area contributed by atoms with Crippen LogP contribution in [0.4, 0.5) is 17.5 Å². The molecule has 0 saturated heterocycles. The van der Waals surface area contributed by atoms with Gasteiger partial charge in [-0.2, -0.15) is 4.98 Å². The highest BCUT2D eigenvalue weighted by atomic mass is 15.1. The maximum Gasteiger partial charge on any atom is 0.229 e. The number of hydrogen-bond donors (Lipinski definition) is 3. The third-order valence-corrected chi connectivity index (χ3v) is 2.41. The van der Waals surface area contributed by atoms with Gasteiger partial charge in [-0.3, -0.25) is 0 Å². The van der Waals surface area contributed by atoms with Crippen LogP contribution >= 0.6 is 0 Å². The van der Waals surface area contributed by atoms with Crippen LogP contribution in [0.25, 0.3) is 0 Å². The Balaban J connectivity index is 2.06. The number of hydrogen-bond acceptors (Lipinski definition) is 5. The van der Waals surface area contributed by atoms with Crippen LogP contribution in [0.5, 0.6) is 0 Å². The van der Waals surface area contributed by atoms with Gasteiger partial charge in [0.05, 0.1) is 0 Å². The van der Waals surface area contributed by atoms with E-state index in [2.05, 4.69) is 27.5 Å². The normalized spacial score (nSPS) is 10.1. The molecule has 0 aliphatic rings. The first-order chi connectivity index (χ1) is 8.78. The summed E-state index contributed by atoms with van der Waals surface area (Å²) in [6, 6.07) is 9.89. The van der Waals surface area contributed by atoms with Gasteiger partial charge in [0.15, 0.2) is 0 Å². The fourth-order valence-corrected chi connectivity index (χ4v) is 1.48. The average molecular weight is 243 g/mol. The van der Waals surface area contributed by atoms with Crippen molar-refractivity contribution in [1.82, 2.24) is 9.97 Å². The standard InChI is InChI=1S/C13H17N5/c1-10-2-4-11(5-3-10)17-13-16-8-6-12(18-13)15-9-7-14/h2-6,8H,7,9,14H2,1H3,(H2,15,16,17,18). The maximum atomic E-state index is 5.43. The lowest BCUT2D eigenvalue weighted by Crippen LogP contribution is -2.14. The molecule has 4 N–H and O–H groups in total. The van der Waals surface area contributed by atoms with Gasteiger partial charge in [0.2, 0.25) is 5.95 Å². The van der Waals surface area contributed by atoms with Crippen molar-refractivity contribution in [1.29, 1.82) is 0 Å². The van der Waals surface area contributed by atoms with Crippen molar-refractivity contribution < 1.29 is 0 Å². The zero-order chi connectivity index (χ0) is 12.8. The Morgan fingerprint density at radius 1 is 1.17 bits per heavy atom. The second kappa shape index (κ2) is 5.97. The number of anilines is 3. The fourth-order valence-electron chi connectivity index (χ4n) is 1.48. The molecule has 0 atom stereocenters. The van der Waals surface area contributed by atoms with Crippen molar-refractivity contribution in [2.24, 2.45) is 5.73 Å². The van der Waals surface area contributed by atoms with Gasteiger partial charge in [0, 0.05) is 25.0 Å². The van der Waals surface area contributed by atoms with E-state index in [1.807, 2.05) is 30.3 Å². The lowest BCUT2D eigenvalue weighted by molar-refractivity contribution is 1.01. The van der Waals surface area contributed by atoms with Crippen LogP contribution in [0.1, 0.15) is 5.56 Å². The minimum absolute atomic E-state index is 0.570. The molecule has 0 radical (unpaired) electrons. The molecular weight excluding hydrogens is 226 g/mol. The van der Waals surface area contributed by atoms with E-state index >= 15 is 0 Å². The van der Waals surface area contributed by atoms with Crippen molar-refractivity contribution in [2.45, 2.75) is 6.92 Å². The van der Waals surface area contributed by atoms with Crippen molar-refractivity contribution in [3.63, 3.8) is 0 Å². The first kappa shape index (κ1) is 12.3. The molecule has 94 valence electrons. The summed E-state index contributed by atoms with van der Waals surface area (Å²) in [6.45, 7) is 3.32. The summed E-state index contributed by atoms with van der Waals surface area (Å²) in [5.74, 6) is 1.34. The molecule has 1 heterocycles. The SMILES string of the molecule is Cc1ccc(Nc2nccc(NCCN)n2)cc1. The van der Waals surface area contributed by atoms with E-state index in [0.29, 0.717) is 19.0 Å². The summed E-state index contributed by atoms with van der Waals surface area (Å²) in [4.78, 5) is 8.51. The van der Waals surface area contributed by atoms with Crippen molar-refractivity contribution in [2.75, 3.05) is 23.7 Å². The molecule has 18 heavy (non-hydrogen) atoms. The predicted octanol–water partition coefficient (Wildman–Crippen LogP) is 1.90. The number of nitrogens with zero attached hydrogens (tertiary/aromatic N) is 2. The largest absolute Gasteiger partial charge is 0.369 e. The zero-order valence-corrected chi connectivity index (χ0v) is 10.4. The zero-order valence-electron chi connectivity index (χ0n) is 10.4. The molecule has 0 fully saturated rings. The Hall–Kier alpha value is -2.14. The van der Waals surface area contributed by atoms with Gasteiger partial charge in [0.1, 0.15) is 5.82 Å². The molecule has 0 saturated carbocycles. The molecule has 0 aliphatic carbocycles. The van der Waals surface area contributed by atoms with E-state index in [1.54, 1.807) is 6.20 Å². The second-order valence-electron chi connectivity index (χ2n) is 3.97. The molecule has 0 aliphatic heterocycles. The van der Waals surface area contributed by atoms with Crippen LogP contribution in [-0.4, -0.2) is 23.1 Å². The average Bonchev–Trinajstić information content (AvgIpc) is 2.40. The highest BCUT2D eigenvalue weighted by molar-refractivity contribution is 5.54. The highest BCUT2D eigenvalue weighted by Gasteiger charge is 1.99. The topological polar surface area (TPSA) is 75.9 Å². The lowest BCUT2D eigenvalue weighted by atomic mass is 10.2. The summed E-state index contributed by atoms with van der Waals surface area (Å²) in [5, 5.41) is 6.27. The minimum Gasteiger partial charge on any atom is -0.369 e. The van der Waals surface area contributed by atoms with Gasteiger partial charge in [-0.1, -0.05) is 17.7 Å². The molecule has 2 rings (SSSR count). The number of benzene rings is 1. The third-order valence-electron chi connectivity index (χ3n) is 2.41. The minimum atomic E-state index is 0.570. The molecule has 0 spiro atoms. The van der Waals surface area contributed by atoms with Crippen molar-refractivity contribution >= 4 is 17.5 Å². The molecule has 0 amide bonds. The van der Waals surface area contributed by atoms with Crippen LogP contribution in [0.3, 0.4) is 0 Å². The molecule has 2 aromatic rings. The Morgan fingerprint density at radius 2 is 1.94 bits per heavy atom. The molecule has 0 bridgehead atoms. The molecule has 0 unspecified atom stereocenters. The Labute approximate surface area is 106 Å². The molecule has 5 heteroatoms. The summed E-state index contributed by atoms with van der Waals surface area (Å²) in [5.41, 5.74) is 7.62. The lowest BCUT2D eigenvalue weighted by Gasteiger charge is -2.07. The van der Waals surface area contributed by atoms with E-state index in [9.17, 15) is 0 Å². The monoisotopic (exact) mass is 243 g/mol. The number of nitrogens with two attached hydrogens (primary N) is 1. The summed E-state index contributed by atoms with van der Waals surface area (Å²) in [7, 11) is 0. The van der Waals surface area contributed by atoms with Gasteiger partial charge >= 0.3 is 0 Å². The summed E-state index contributed by atoms with van der Waals surface area (Å²) < 4.78 is 0. The Morgan fingerprint density at radius 3 is 2.67 bits per heavy atom.